The maximum atomic E-state index is 2.56. The molecular weight excluding hydrogens is 460 g/mol. The van der Waals surface area contributed by atoms with Crippen molar-refractivity contribution < 1.29 is 4.57 Å². The van der Waals surface area contributed by atoms with E-state index in [1.165, 1.54) is 179 Å². The van der Waals surface area contributed by atoms with Crippen LogP contribution in [0.2, 0.25) is 0 Å². The largest absolute Gasteiger partial charge is 0.373 e. The predicted octanol–water partition coefficient (Wildman–Crippen LogP) is 10.3. The van der Waals surface area contributed by atoms with Crippen LogP contribution >= 0.6 is 0 Å². The SMILES string of the molecule is C1=CN2CCCCCCCCCCCCCc3ccc[n+](c3)CCCCCCCCCCCCCC(=C1)C2. The first-order valence-corrected chi connectivity index (χ1v) is 17.0. The summed E-state index contributed by atoms with van der Waals surface area (Å²) >= 11 is 0. The molecule has 0 aromatic carbocycles. The second kappa shape index (κ2) is 21.3. The molecule has 0 unspecified atom stereocenters. The van der Waals surface area contributed by atoms with Crippen molar-refractivity contribution in [2.45, 2.75) is 161 Å². The lowest BCUT2D eigenvalue weighted by Crippen LogP contribution is -2.33. The lowest BCUT2D eigenvalue weighted by molar-refractivity contribution is -0.697. The number of aryl methyl sites for hydroxylation is 2. The molecule has 0 amide bonds. The second-order valence-corrected chi connectivity index (χ2v) is 12.4. The van der Waals surface area contributed by atoms with E-state index in [-0.39, 0.29) is 0 Å². The first-order valence-electron chi connectivity index (χ1n) is 17.0. The Balaban J connectivity index is 1.32. The highest BCUT2D eigenvalue weighted by Crippen LogP contribution is 2.18. The van der Waals surface area contributed by atoms with E-state index < -0.39 is 0 Å². The Morgan fingerprint density at radius 2 is 1.08 bits per heavy atom. The van der Waals surface area contributed by atoms with Crippen molar-refractivity contribution in [3.05, 3.63) is 54.0 Å². The zero-order chi connectivity index (χ0) is 26.4. The summed E-state index contributed by atoms with van der Waals surface area (Å²) in [4.78, 5) is 2.56. The number of fused-ring (bicyclic) bond motifs is 4. The first kappa shape index (κ1) is 31.0. The van der Waals surface area contributed by atoms with E-state index in [1.807, 2.05) is 0 Å². The quantitative estimate of drug-likeness (QED) is 0.308. The Bertz CT molecular complexity index is 764. The molecule has 2 aliphatic heterocycles. The molecular formula is C36H61N2+. The molecule has 0 atom stereocenters. The van der Waals surface area contributed by atoms with Gasteiger partial charge >= 0.3 is 0 Å². The van der Waals surface area contributed by atoms with Crippen molar-refractivity contribution in [2.75, 3.05) is 13.1 Å². The number of pyridine rings is 1. The van der Waals surface area contributed by atoms with Gasteiger partial charge in [-0.15, -0.1) is 0 Å². The van der Waals surface area contributed by atoms with Gasteiger partial charge in [0.05, 0.1) is 0 Å². The van der Waals surface area contributed by atoms with Crippen LogP contribution in [0, 0.1) is 0 Å². The zero-order valence-electron chi connectivity index (χ0n) is 25.0. The molecule has 2 nitrogen and oxygen atoms in total. The summed E-state index contributed by atoms with van der Waals surface area (Å²) in [6.45, 7) is 3.62. The van der Waals surface area contributed by atoms with E-state index in [0.717, 1.165) is 0 Å². The van der Waals surface area contributed by atoms with Crippen molar-refractivity contribution in [1.82, 2.24) is 4.90 Å². The van der Waals surface area contributed by atoms with Gasteiger partial charge in [0.25, 0.3) is 0 Å². The molecule has 2 aliphatic rings. The lowest BCUT2D eigenvalue weighted by atomic mass is 10.0. The lowest BCUT2D eigenvalue weighted by Gasteiger charge is -2.25. The highest BCUT2D eigenvalue weighted by molar-refractivity contribution is 5.18. The molecule has 2 heteroatoms. The molecule has 4 bridgehead atoms. The third kappa shape index (κ3) is 15.1. The molecule has 1 aromatic heterocycles. The number of nitrogens with zero attached hydrogens (tertiary/aromatic N) is 2. The highest BCUT2D eigenvalue weighted by Gasteiger charge is 2.08. The molecule has 214 valence electrons. The predicted molar refractivity (Wildman–Crippen MR) is 165 cm³/mol. The minimum atomic E-state index is 1.18. The Hall–Kier alpha value is -1.57. The molecule has 0 fully saturated rings. The molecule has 0 saturated carbocycles. The Morgan fingerprint density at radius 3 is 1.71 bits per heavy atom. The fourth-order valence-corrected chi connectivity index (χ4v) is 6.32. The van der Waals surface area contributed by atoms with Gasteiger partial charge in [0.1, 0.15) is 6.54 Å². The van der Waals surface area contributed by atoms with Crippen LogP contribution in [0.3, 0.4) is 0 Å². The van der Waals surface area contributed by atoms with E-state index in [0.29, 0.717) is 0 Å². The van der Waals surface area contributed by atoms with Crippen LogP contribution in [0.15, 0.2) is 48.5 Å². The summed E-state index contributed by atoms with van der Waals surface area (Å²) in [7, 11) is 0. The van der Waals surface area contributed by atoms with Gasteiger partial charge in [-0.2, -0.15) is 0 Å². The smallest absolute Gasteiger partial charge is 0.171 e. The molecule has 3 heterocycles. The van der Waals surface area contributed by atoms with Crippen molar-refractivity contribution in [3.8, 4) is 0 Å². The van der Waals surface area contributed by atoms with Crippen molar-refractivity contribution in [1.29, 1.82) is 0 Å². The number of rotatable bonds is 0. The van der Waals surface area contributed by atoms with Gasteiger partial charge in [0.2, 0.25) is 0 Å². The van der Waals surface area contributed by atoms with Crippen LogP contribution in [0.1, 0.15) is 153 Å². The number of hydrogen-bond acceptors (Lipinski definition) is 1. The fraction of sp³-hybridized carbons (Fsp3) is 0.750. The fourth-order valence-electron chi connectivity index (χ4n) is 6.32. The maximum Gasteiger partial charge on any atom is 0.171 e. The van der Waals surface area contributed by atoms with Gasteiger partial charge in [-0.05, 0) is 56.9 Å². The first-order chi connectivity index (χ1) is 18.9. The van der Waals surface area contributed by atoms with Crippen LogP contribution in [0.5, 0.6) is 0 Å². The van der Waals surface area contributed by atoms with E-state index in [1.54, 1.807) is 5.57 Å². The normalized spacial score (nSPS) is 22.0. The minimum absolute atomic E-state index is 1.18. The van der Waals surface area contributed by atoms with Gasteiger partial charge in [-0.3, -0.25) is 0 Å². The van der Waals surface area contributed by atoms with E-state index >= 15 is 0 Å². The van der Waals surface area contributed by atoms with Gasteiger partial charge in [-0.1, -0.05) is 121 Å². The summed E-state index contributed by atoms with van der Waals surface area (Å²) in [5, 5.41) is 0. The molecule has 38 heavy (non-hydrogen) atoms. The van der Waals surface area contributed by atoms with E-state index in [9.17, 15) is 0 Å². The van der Waals surface area contributed by atoms with Gasteiger partial charge in [0, 0.05) is 31.1 Å². The standard InChI is InChI=1S/C36H61N2/c1-3-7-11-15-19-25-35-27-23-32-38(33-35)30-22-18-14-10-6-2-4-8-12-16-20-26-36-28-24-31-37(34-36)29-21-17-13-9-5-1/h23-24,27-28,31-33H,1-22,25-26,29-30,34H2/q+1. The Morgan fingerprint density at radius 1 is 0.553 bits per heavy atom. The summed E-state index contributed by atoms with van der Waals surface area (Å²) < 4.78 is 2.44. The molecule has 3 rings (SSSR count). The maximum absolute atomic E-state index is 2.56. The number of aromatic nitrogens is 1. The summed E-state index contributed by atoms with van der Waals surface area (Å²) in [6.07, 6.45) is 45.4. The molecule has 0 spiro atoms. The summed E-state index contributed by atoms with van der Waals surface area (Å²) in [5.41, 5.74) is 3.19. The minimum Gasteiger partial charge on any atom is -0.373 e. The molecule has 1 aromatic rings. The average molecular weight is 522 g/mol. The van der Waals surface area contributed by atoms with Crippen LogP contribution in [-0.4, -0.2) is 18.0 Å². The molecule has 0 aliphatic carbocycles. The van der Waals surface area contributed by atoms with Gasteiger partial charge in [0.15, 0.2) is 12.4 Å². The van der Waals surface area contributed by atoms with Crippen molar-refractivity contribution in [3.63, 3.8) is 0 Å². The molecule has 0 radical (unpaired) electrons. The third-order valence-corrected chi connectivity index (χ3v) is 8.78. The molecule has 0 saturated heterocycles. The summed E-state index contributed by atoms with van der Waals surface area (Å²) in [5.74, 6) is 0. The third-order valence-electron chi connectivity index (χ3n) is 8.78. The van der Waals surface area contributed by atoms with Gasteiger partial charge in [-0.25, -0.2) is 4.57 Å². The number of hydrogen-bond donors (Lipinski definition) is 0. The van der Waals surface area contributed by atoms with Crippen LogP contribution < -0.4 is 4.57 Å². The average Bonchev–Trinajstić information content (AvgIpc) is 2.94. The van der Waals surface area contributed by atoms with Crippen LogP contribution in [0.25, 0.3) is 0 Å². The zero-order valence-corrected chi connectivity index (χ0v) is 25.0. The van der Waals surface area contributed by atoms with Crippen molar-refractivity contribution >= 4 is 0 Å². The topological polar surface area (TPSA) is 7.12 Å². The van der Waals surface area contributed by atoms with E-state index in [2.05, 4.69) is 52.3 Å². The van der Waals surface area contributed by atoms with Crippen LogP contribution in [-0.2, 0) is 13.0 Å². The Kier molecular flexibility index (Phi) is 17.3. The second-order valence-electron chi connectivity index (χ2n) is 12.4. The number of allylic oxidation sites excluding steroid dienone is 2. The Labute approximate surface area is 237 Å². The van der Waals surface area contributed by atoms with Crippen molar-refractivity contribution in [2.24, 2.45) is 0 Å². The van der Waals surface area contributed by atoms with Gasteiger partial charge < -0.3 is 4.90 Å². The monoisotopic (exact) mass is 521 g/mol. The van der Waals surface area contributed by atoms with Crippen LogP contribution in [0.4, 0.5) is 0 Å². The summed E-state index contributed by atoms with van der Waals surface area (Å²) in [6, 6.07) is 4.60. The van der Waals surface area contributed by atoms with E-state index in [4.69, 9.17) is 0 Å². The molecule has 0 N–H and O–H groups in total. The highest BCUT2D eigenvalue weighted by atomic mass is 15.1.